The smallest absolute Gasteiger partial charge is 0.153 e. The SMILES string of the molecule is CCc1nn(C2CCOCC2)c(CC)c1C=O. The van der Waals surface area contributed by atoms with Gasteiger partial charge in [-0.25, -0.2) is 0 Å². The highest BCUT2D eigenvalue weighted by atomic mass is 16.5. The van der Waals surface area contributed by atoms with Gasteiger partial charge in [0, 0.05) is 18.9 Å². The van der Waals surface area contributed by atoms with Gasteiger partial charge in [0.15, 0.2) is 6.29 Å². The zero-order valence-corrected chi connectivity index (χ0v) is 10.6. The van der Waals surface area contributed by atoms with Crippen LogP contribution in [0.2, 0.25) is 0 Å². The maximum atomic E-state index is 11.2. The van der Waals surface area contributed by atoms with Crippen LogP contribution in [0.5, 0.6) is 0 Å². The van der Waals surface area contributed by atoms with Crippen molar-refractivity contribution in [2.45, 2.75) is 45.6 Å². The van der Waals surface area contributed by atoms with Crippen molar-refractivity contribution in [1.29, 1.82) is 0 Å². The van der Waals surface area contributed by atoms with Crippen LogP contribution in [-0.4, -0.2) is 29.3 Å². The Hall–Kier alpha value is -1.16. The minimum Gasteiger partial charge on any atom is -0.381 e. The third-order valence-corrected chi connectivity index (χ3v) is 3.45. The minimum absolute atomic E-state index is 0.401. The van der Waals surface area contributed by atoms with Crippen LogP contribution in [0.3, 0.4) is 0 Å². The average Bonchev–Trinajstić information content (AvgIpc) is 2.77. The van der Waals surface area contributed by atoms with Crippen LogP contribution in [0.4, 0.5) is 0 Å². The maximum Gasteiger partial charge on any atom is 0.153 e. The molecule has 1 aliphatic rings. The fourth-order valence-electron chi connectivity index (χ4n) is 2.52. The van der Waals surface area contributed by atoms with E-state index in [0.717, 1.165) is 62.1 Å². The summed E-state index contributed by atoms with van der Waals surface area (Å²) in [6, 6.07) is 0.401. The number of rotatable bonds is 4. The van der Waals surface area contributed by atoms with Crippen molar-refractivity contribution in [3.63, 3.8) is 0 Å². The predicted molar refractivity (Wildman–Crippen MR) is 65.5 cm³/mol. The van der Waals surface area contributed by atoms with Gasteiger partial charge in [-0.1, -0.05) is 13.8 Å². The van der Waals surface area contributed by atoms with Crippen molar-refractivity contribution in [2.75, 3.05) is 13.2 Å². The van der Waals surface area contributed by atoms with Crippen LogP contribution < -0.4 is 0 Å². The number of ether oxygens (including phenoxy) is 1. The lowest BCUT2D eigenvalue weighted by Gasteiger charge is -2.24. The summed E-state index contributed by atoms with van der Waals surface area (Å²) in [5, 5.41) is 4.62. The molecular weight excluding hydrogens is 216 g/mol. The van der Waals surface area contributed by atoms with Crippen LogP contribution in [0.1, 0.15) is 54.5 Å². The lowest BCUT2D eigenvalue weighted by molar-refractivity contribution is 0.0653. The molecule has 1 aromatic rings. The molecule has 1 aromatic heterocycles. The molecule has 1 saturated heterocycles. The fourth-order valence-corrected chi connectivity index (χ4v) is 2.52. The molecule has 2 rings (SSSR count). The second-order valence-electron chi connectivity index (χ2n) is 4.42. The molecule has 2 heterocycles. The van der Waals surface area contributed by atoms with Crippen molar-refractivity contribution in [1.82, 2.24) is 9.78 Å². The summed E-state index contributed by atoms with van der Waals surface area (Å²) in [5.41, 5.74) is 2.83. The lowest BCUT2D eigenvalue weighted by atomic mass is 10.1. The lowest BCUT2D eigenvalue weighted by Crippen LogP contribution is -2.22. The molecule has 0 aliphatic carbocycles. The first-order valence-corrected chi connectivity index (χ1v) is 6.44. The zero-order valence-electron chi connectivity index (χ0n) is 10.6. The van der Waals surface area contributed by atoms with E-state index in [1.54, 1.807) is 0 Å². The molecule has 0 atom stereocenters. The summed E-state index contributed by atoms with van der Waals surface area (Å²) in [6.45, 7) is 5.72. The van der Waals surface area contributed by atoms with E-state index >= 15 is 0 Å². The van der Waals surface area contributed by atoms with Gasteiger partial charge in [-0.2, -0.15) is 5.10 Å². The van der Waals surface area contributed by atoms with E-state index in [-0.39, 0.29) is 0 Å². The van der Waals surface area contributed by atoms with E-state index in [1.807, 2.05) is 6.92 Å². The first kappa shape index (κ1) is 12.3. The Kier molecular flexibility index (Phi) is 3.94. The summed E-state index contributed by atoms with van der Waals surface area (Å²) in [4.78, 5) is 11.2. The molecule has 0 amide bonds. The number of aryl methyl sites for hydroxylation is 1. The van der Waals surface area contributed by atoms with E-state index in [2.05, 4.69) is 16.7 Å². The number of carbonyl (C=O) groups excluding carboxylic acids is 1. The molecule has 0 aromatic carbocycles. The van der Waals surface area contributed by atoms with Gasteiger partial charge in [-0.15, -0.1) is 0 Å². The topological polar surface area (TPSA) is 44.1 Å². The van der Waals surface area contributed by atoms with Gasteiger partial charge in [-0.3, -0.25) is 9.48 Å². The second kappa shape index (κ2) is 5.45. The van der Waals surface area contributed by atoms with Crippen LogP contribution in [0, 0.1) is 0 Å². The summed E-state index contributed by atoms with van der Waals surface area (Å²) in [6.07, 6.45) is 4.63. The van der Waals surface area contributed by atoms with Crippen molar-refractivity contribution in [2.24, 2.45) is 0 Å². The molecule has 94 valence electrons. The highest BCUT2D eigenvalue weighted by molar-refractivity contribution is 5.78. The van der Waals surface area contributed by atoms with Crippen molar-refractivity contribution in [3.8, 4) is 0 Å². The molecule has 0 unspecified atom stereocenters. The first-order chi connectivity index (χ1) is 8.31. The molecule has 4 heteroatoms. The standard InChI is InChI=1S/C13H20N2O2/c1-3-12-11(9-16)13(4-2)15(14-12)10-5-7-17-8-6-10/h9-10H,3-8H2,1-2H3. The molecule has 4 nitrogen and oxygen atoms in total. The third kappa shape index (κ3) is 2.27. The largest absolute Gasteiger partial charge is 0.381 e. The molecule has 1 fully saturated rings. The van der Waals surface area contributed by atoms with Gasteiger partial charge in [0.05, 0.1) is 17.3 Å². The Morgan fingerprint density at radius 1 is 1.35 bits per heavy atom. The second-order valence-corrected chi connectivity index (χ2v) is 4.42. The van der Waals surface area contributed by atoms with E-state index in [4.69, 9.17) is 4.74 Å². The van der Waals surface area contributed by atoms with Crippen LogP contribution in [-0.2, 0) is 17.6 Å². The average molecular weight is 236 g/mol. The molecule has 17 heavy (non-hydrogen) atoms. The summed E-state index contributed by atoms with van der Waals surface area (Å²) < 4.78 is 7.45. The molecule has 0 spiro atoms. The van der Waals surface area contributed by atoms with Crippen LogP contribution >= 0.6 is 0 Å². The number of aldehydes is 1. The molecule has 1 aliphatic heterocycles. The normalized spacial score (nSPS) is 17.3. The van der Waals surface area contributed by atoms with Gasteiger partial charge in [0.1, 0.15) is 0 Å². The van der Waals surface area contributed by atoms with Crippen LogP contribution in [0.15, 0.2) is 0 Å². The van der Waals surface area contributed by atoms with Crippen molar-refractivity contribution < 1.29 is 9.53 Å². The van der Waals surface area contributed by atoms with Gasteiger partial charge in [-0.05, 0) is 25.7 Å². The number of hydrogen-bond donors (Lipinski definition) is 0. The molecule has 0 bridgehead atoms. The number of nitrogens with zero attached hydrogens (tertiary/aromatic N) is 2. The van der Waals surface area contributed by atoms with E-state index in [1.165, 1.54) is 0 Å². The first-order valence-electron chi connectivity index (χ1n) is 6.44. The number of aromatic nitrogens is 2. The Bertz CT molecular complexity index is 392. The van der Waals surface area contributed by atoms with Gasteiger partial charge in [0.2, 0.25) is 0 Å². The Morgan fingerprint density at radius 2 is 2.06 bits per heavy atom. The van der Waals surface area contributed by atoms with Gasteiger partial charge < -0.3 is 4.74 Å². The molecule has 0 N–H and O–H groups in total. The third-order valence-electron chi connectivity index (χ3n) is 3.45. The van der Waals surface area contributed by atoms with E-state index in [9.17, 15) is 4.79 Å². The summed E-state index contributed by atoms with van der Waals surface area (Å²) >= 11 is 0. The monoisotopic (exact) mass is 236 g/mol. The number of hydrogen-bond acceptors (Lipinski definition) is 3. The van der Waals surface area contributed by atoms with E-state index in [0.29, 0.717) is 6.04 Å². The Morgan fingerprint density at radius 3 is 2.59 bits per heavy atom. The molecular formula is C13H20N2O2. The maximum absolute atomic E-state index is 11.2. The van der Waals surface area contributed by atoms with Crippen molar-refractivity contribution in [3.05, 3.63) is 17.0 Å². The quantitative estimate of drug-likeness (QED) is 0.752. The Labute approximate surface area is 102 Å². The predicted octanol–water partition coefficient (Wildman–Crippen LogP) is 2.17. The summed E-state index contributed by atoms with van der Waals surface area (Å²) in [7, 11) is 0. The van der Waals surface area contributed by atoms with E-state index < -0.39 is 0 Å². The number of carbonyl (C=O) groups is 1. The van der Waals surface area contributed by atoms with Crippen molar-refractivity contribution >= 4 is 6.29 Å². The van der Waals surface area contributed by atoms with Gasteiger partial charge >= 0.3 is 0 Å². The summed E-state index contributed by atoms with van der Waals surface area (Å²) in [5.74, 6) is 0. The van der Waals surface area contributed by atoms with Crippen LogP contribution in [0.25, 0.3) is 0 Å². The highest BCUT2D eigenvalue weighted by Gasteiger charge is 2.22. The zero-order chi connectivity index (χ0) is 12.3. The Balaban J connectivity index is 2.37. The molecule has 0 saturated carbocycles. The highest BCUT2D eigenvalue weighted by Crippen LogP contribution is 2.25. The molecule has 0 radical (unpaired) electrons. The fraction of sp³-hybridized carbons (Fsp3) is 0.692. The minimum atomic E-state index is 0.401. The van der Waals surface area contributed by atoms with Gasteiger partial charge in [0.25, 0.3) is 0 Å².